The van der Waals surface area contributed by atoms with Gasteiger partial charge in [0.2, 0.25) is 0 Å². The van der Waals surface area contributed by atoms with Crippen LogP contribution in [0.5, 0.6) is 0 Å². The Balaban J connectivity index is 2.97. The first kappa shape index (κ1) is 9.05. The summed E-state index contributed by atoms with van der Waals surface area (Å²) in [4.78, 5) is 0. The lowest BCUT2D eigenvalue weighted by molar-refractivity contribution is 1.23. The van der Waals surface area contributed by atoms with E-state index in [1.165, 1.54) is 16.7 Å². The predicted molar refractivity (Wildman–Crippen MR) is 55.2 cm³/mol. The van der Waals surface area contributed by atoms with Crippen LogP contribution in [0.4, 0.5) is 0 Å². The Morgan fingerprint density at radius 3 is 2.67 bits per heavy atom. The Kier molecular flexibility index (Phi) is 3.09. The first-order valence-corrected chi connectivity index (χ1v) is 4.48. The van der Waals surface area contributed by atoms with Crippen molar-refractivity contribution in [2.75, 3.05) is 0 Å². The molecular formula is C12H16. The molecule has 0 spiro atoms. The summed E-state index contributed by atoms with van der Waals surface area (Å²) in [6, 6.07) is 6.55. The highest BCUT2D eigenvalue weighted by molar-refractivity contribution is 5.54. The van der Waals surface area contributed by atoms with Gasteiger partial charge in [-0.2, -0.15) is 0 Å². The zero-order valence-electron chi connectivity index (χ0n) is 8.09. The number of hydrogen-bond donors (Lipinski definition) is 0. The Morgan fingerprint density at radius 1 is 1.25 bits per heavy atom. The molecule has 1 aromatic rings. The van der Waals surface area contributed by atoms with Crippen LogP contribution in [0.1, 0.15) is 30.0 Å². The molecule has 1 aromatic carbocycles. The second-order valence-corrected chi connectivity index (χ2v) is 3.17. The summed E-state index contributed by atoms with van der Waals surface area (Å²) in [6.45, 7) is 6.43. The molecule has 0 heterocycles. The molecule has 0 radical (unpaired) electrons. The molecule has 0 aliphatic heterocycles. The first-order chi connectivity index (χ1) is 5.74. The van der Waals surface area contributed by atoms with Crippen LogP contribution in [0.15, 0.2) is 24.3 Å². The van der Waals surface area contributed by atoms with Crippen molar-refractivity contribution in [1.29, 1.82) is 0 Å². The maximum absolute atomic E-state index is 2.22. The third kappa shape index (κ3) is 2.23. The van der Waals surface area contributed by atoms with E-state index >= 15 is 0 Å². The zero-order valence-corrected chi connectivity index (χ0v) is 8.09. The fourth-order valence-electron chi connectivity index (χ4n) is 1.18. The molecule has 0 nitrogen and oxygen atoms in total. The minimum atomic E-state index is 1.10. The fourth-order valence-corrected chi connectivity index (χ4v) is 1.18. The van der Waals surface area contributed by atoms with Crippen LogP contribution < -0.4 is 0 Å². The third-order valence-electron chi connectivity index (χ3n) is 1.97. The Labute approximate surface area is 74.9 Å². The largest absolute Gasteiger partial charge is 0.0842 e. The van der Waals surface area contributed by atoms with Gasteiger partial charge in [-0.3, -0.25) is 0 Å². The van der Waals surface area contributed by atoms with Gasteiger partial charge in [0.25, 0.3) is 0 Å². The SMILES string of the molecule is CCC=Cc1cc(C)ccc1C. The van der Waals surface area contributed by atoms with Gasteiger partial charge in [-0.25, -0.2) is 0 Å². The molecule has 0 saturated carbocycles. The summed E-state index contributed by atoms with van der Waals surface area (Å²) < 4.78 is 0. The van der Waals surface area contributed by atoms with E-state index in [1.54, 1.807) is 0 Å². The minimum Gasteiger partial charge on any atom is -0.0842 e. The van der Waals surface area contributed by atoms with E-state index < -0.39 is 0 Å². The summed E-state index contributed by atoms with van der Waals surface area (Å²) >= 11 is 0. The van der Waals surface area contributed by atoms with Gasteiger partial charge in [0.05, 0.1) is 0 Å². The number of allylic oxidation sites excluding steroid dienone is 1. The monoisotopic (exact) mass is 160 g/mol. The number of aryl methyl sites for hydroxylation is 2. The average Bonchev–Trinajstić information content (AvgIpc) is 2.07. The Bertz CT molecular complexity index is 282. The van der Waals surface area contributed by atoms with Gasteiger partial charge >= 0.3 is 0 Å². The molecule has 0 unspecified atom stereocenters. The van der Waals surface area contributed by atoms with Crippen molar-refractivity contribution in [2.24, 2.45) is 0 Å². The molecule has 12 heavy (non-hydrogen) atoms. The second-order valence-electron chi connectivity index (χ2n) is 3.17. The fraction of sp³-hybridized carbons (Fsp3) is 0.333. The second kappa shape index (κ2) is 4.10. The van der Waals surface area contributed by atoms with Gasteiger partial charge in [-0.05, 0) is 31.4 Å². The van der Waals surface area contributed by atoms with E-state index in [0.717, 1.165) is 6.42 Å². The van der Waals surface area contributed by atoms with E-state index in [4.69, 9.17) is 0 Å². The summed E-state index contributed by atoms with van der Waals surface area (Å²) in [6.07, 6.45) is 5.50. The van der Waals surface area contributed by atoms with Crippen LogP contribution in [0, 0.1) is 13.8 Å². The normalized spacial score (nSPS) is 10.9. The van der Waals surface area contributed by atoms with Crippen LogP contribution in [-0.2, 0) is 0 Å². The van der Waals surface area contributed by atoms with Gasteiger partial charge in [-0.15, -0.1) is 0 Å². The van der Waals surface area contributed by atoms with Crippen molar-refractivity contribution in [2.45, 2.75) is 27.2 Å². The highest BCUT2D eigenvalue weighted by Crippen LogP contribution is 2.12. The van der Waals surface area contributed by atoms with Crippen molar-refractivity contribution < 1.29 is 0 Å². The van der Waals surface area contributed by atoms with Gasteiger partial charge < -0.3 is 0 Å². The van der Waals surface area contributed by atoms with Gasteiger partial charge in [-0.1, -0.05) is 42.8 Å². The van der Waals surface area contributed by atoms with Crippen molar-refractivity contribution in [3.63, 3.8) is 0 Å². The smallest absolute Gasteiger partial charge is 0.0228 e. The molecule has 64 valence electrons. The Morgan fingerprint density at radius 2 is 2.00 bits per heavy atom. The van der Waals surface area contributed by atoms with Gasteiger partial charge in [0, 0.05) is 0 Å². The predicted octanol–water partition coefficient (Wildman–Crippen LogP) is 3.73. The topological polar surface area (TPSA) is 0 Å². The lowest BCUT2D eigenvalue weighted by Gasteiger charge is -2.00. The first-order valence-electron chi connectivity index (χ1n) is 4.48. The molecular weight excluding hydrogens is 144 g/mol. The highest BCUT2D eigenvalue weighted by Gasteiger charge is 1.92. The summed E-state index contributed by atoms with van der Waals surface area (Å²) in [5.74, 6) is 0. The van der Waals surface area contributed by atoms with Crippen LogP contribution in [0.25, 0.3) is 6.08 Å². The highest BCUT2D eigenvalue weighted by atomic mass is 14.0. The van der Waals surface area contributed by atoms with E-state index in [1.807, 2.05) is 0 Å². The quantitative estimate of drug-likeness (QED) is 0.618. The molecule has 0 heteroatoms. The molecule has 0 N–H and O–H groups in total. The molecule has 1 rings (SSSR count). The van der Waals surface area contributed by atoms with Crippen molar-refractivity contribution in [3.05, 3.63) is 41.0 Å². The molecule has 0 aliphatic carbocycles. The molecule has 0 aliphatic rings. The molecule has 0 saturated heterocycles. The molecule has 0 fully saturated rings. The average molecular weight is 160 g/mol. The van der Waals surface area contributed by atoms with E-state index in [9.17, 15) is 0 Å². The number of rotatable bonds is 2. The van der Waals surface area contributed by atoms with Crippen molar-refractivity contribution >= 4 is 6.08 Å². The molecule has 0 atom stereocenters. The van der Waals surface area contributed by atoms with Crippen LogP contribution in [-0.4, -0.2) is 0 Å². The van der Waals surface area contributed by atoms with Gasteiger partial charge in [0.15, 0.2) is 0 Å². The third-order valence-corrected chi connectivity index (χ3v) is 1.97. The molecule has 0 aromatic heterocycles. The van der Waals surface area contributed by atoms with Crippen LogP contribution in [0.2, 0.25) is 0 Å². The summed E-state index contributed by atoms with van der Waals surface area (Å²) in [5.41, 5.74) is 4.03. The van der Waals surface area contributed by atoms with Gasteiger partial charge in [0.1, 0.15) is 0 Å². The standard InChI is InChI=1S/C12H16/c1-4-5-6-12-9-10(2)7-8-11(12)3/h5-9H,4H2,1-3H3. The lowest BCUT2D eigenvalue weighted by Crippen LogP contribution is -1.81. The summed E-state index contributed by atoms with van der Waals surface area (Å²) in [7, 11) is 0. The van der Waals surface area contributed by atoms with Crippen molar-refractivity contribution in [1.82, 2.24) is 0 Å². The maximum Gasteiger partial charge on any atom is -0.0228 e. The van der Waals surface area contributed by atoms with Crippen LogP contribution >= 0.6 is 0 Å². The van der Waals surface area contributed by atoms with Crippen molar-refractivity contribution in [3.8, 4) is 0 Å². The van der Waals surface area contributed by atoms with Crippen LogP contribution in [0.3, 0.4) is 0 Å². The molecule has 0 bridgehead atoms. The van der Waals surface area contributed by atoms with E-state index in [2.05, 4.69) is 51.1 Å². The van der Waals surface area contributed by atoms with E-state index in [0.29, 0.717) is 0 Å². The summed E-state index contributed by atoms with van der Waals surface area (Å²) in [5, 5.41) is 0. The number of benzene rings is 1. The van der Waals surface area contributed by atoms with E-state index in [-0.39, 0.29) is 0 Å². The minimum absolute atomic E-state index is 1.10. The maximum atomic E-state index is 2.22. The molecule has 0 amide bonds. The number of hydrogen-bond acceptors (Lipinski definition) is 0. The zero-order chi connectivity index (χ0) is 8.97. The Hall–Kier alpha value is -1.04. The lowest BCUT2D eigenvalue weighted by atomic mass is 10.1.